The van der Waals surface area contributed by atoms with Crippen LogP contribution in [0.5, 0.6) is 0 Å². The molecular weight excluding hydrogens is 234 g/mol. The minimum Gasteiger partial charge on any atom is -0.313 e. The lowest BCUT2D eigenvalue weighted by atomic mass is 10.0. The van der Waals surface area contributed by atoms with Gasteiger partial charge in [-0.3, -0.25) is 9.80 Å². The Morgan fingerprint density at radius 1 is 1.16 bits per heavy atom. The molecule has 19 heavy (non-hydrogen) atoms. The maximum atomic E-state index is 3.71. The first-order chi connectivity index (χ1) is 9.08. The average Bonchev–Trinajstić information content (AvgIpc) is 2.86. The summed E-state index contributed by atoms with van der Waals surface area (Å²) in [7, 11) is 0. The zero-order valence-corrected chi connectivity index (χ0v) is 13.4. The monoisotopic (exact) mass is 267 g/mol. The summed E-state index contributed by atoms with van der Waals surface area (Å²) < 4.78 is 0. The Kier molecular flexibility index (Phi) is 5.67. The lowest BCUT2D eigenvalue weighted by Crippen LogP contribution is -2.50. The van der Waals surface area contributed by atoms with Gasteiger partial charge < -0.3 is 5.32 Å². The van der Waals surface area contributed by atoms with E-state index in [4.69, 9.17) is 0 Å². The third-order valence-electron chi connectivity index (χ3n) is 4.90. The van der Waals surface area contributed by atoms with Crippen molar-refractivity contribution in [2.45, 2.75) is 77.5 Å². The molecule has 2 rings (SSSR count). The van der Waals surface area contributed by atoms with E-state index in [1.54, 1.807) is 0 Å². The molecule has 2 heterocycles. The first kappa shape index (κ1) is 15.3. The molecule has 0 spiro atoms. The van der Waals surface area contributed by atoms with Gasteiger partial charge in [0, 0.05) is 43.8 Å². The average molecular weight is 267 g/mol. The lowest BCUT2D eigenvalue weighted by Gasteiger charge is -2.37. The number of hydrogen-bond donors (Lipinski definition) is 1. The molecule has 2 aliphatic heterocycles. The predicted molar refractivity (Wildman–Crippen MR) is 82.6 cm³/mol. The highest BCUT2D eigenvalue weighted by Crippen LogP contribution is 2.21. The number of likely N-dealkylation sites (tertiary alicyclic amines) is 1. The minimum absolute atomic E-state index is 0.667. The van der Waals surface area contributed by atoms with Gasteiger partial charge in [-0.15, -0.1) is 0 Å². The highest BCUT2D eigenvalue weighted by atomic mass is 15.3. The van der Waals surface area contributed by atoms with Crippen LogP contribution in [0.4, 0.5) is 0 Å². The first-order valence-electron chi connectivity index (χ1n) is 8.31. The summed E-state index contributed by atoms with van der Waals surface area (Å²) in [6, 6.07) is 2.86. The van der Waals surface area contributed by atoms with Crippen LogP contribution < -0.4 is 5.32 Å². The van der Waals surface area contributed by atoms with Crippen LogP contribution in [-0.2, 0) is 0 Å². The summed E-state index contributed by atoms with van der Waals surface area (Å²) in [5.74, 6) is 0. The van der Waals surface area contributed by atoms with E-state index >= 15 is 0 Å². The van der Waals surface area contributed by atoms with Crippen molar-refractivity contribution in [1.29, 1.82) is 0 Å². The molecule has 0 bridgehead atoms. The Morgan fingerprint density at radius 2 is 1.95 bits per heavy atom. The van der Waals surface area contributed by atoms with Gasteiger partial charge in [-0.05, 0) is 53.5 Å². The van der Waals surface area contributed by atoms with Crippen molar-refractivity contribution in [2.24, 2.45) is 0 Å². The van der Waals surface area contributed by atoms with Gasteiger partial charge in [-0.1, -0.05) is 6.42 Å². The summed E-state index contributed by atoms with van der Waals surface area (Å²) in [6.07, 6.45) is 5.49. The Hall–Kier alpha value is -0.120. The molecule has 1 N–H and O–H groups in total. The van der Waals surface area contributed by atoms with Crippen molar-refractivity contribution in [1.82, 2.24) is 15.1 Å². The van der Waals surface area contributed by atoms with Gasteiger partial charge in [0.25, 0.3) is 0 Å². The maximum Gasteiger partial charge on any atom is 0.0238 e. The molecule has 112 valence electrons. The van der Waals surface area contributed by atoms with Gasteiger partial charge in [0.05, 0.1) is 0 Å². The fraction of sp³-hybridized carbons (Fsp3) is 1.00. The van der Waals surface area contributed by atoms with E-state index in [1.165, 1.54) is 51.9 Å². The normalized spacial score (nSPS) is 29.8. The molecule has 0 radical (unpaired) electrons. The molecule has 2 saturated heterocycles. The fourth-order valence-corrected chi connectivity index (χ4v) is 3.62. The van der Waals surface area contributed by atoms with Crippen LogP contribution in [-0.4, -0.2) is 60.1 Å². The van der Waals surface area contributed by atoms with Crippen LogP contribution in [0.1, 0.15) is 53.4 Å². The highest BCUT2D eigenvalue weighted by molar-refractivity contribution is 4.89. The Labute approximate surface area is 119 Å². The van der Waals surface area contributed by atoms with Gasteiger partial charge >= 0.3 is 0 Å². The zero-order chi connectivity index (χ0) is 13.8. The van der Waals surface area contributed by atoms with Crippen molar-refractivity contribution in [3.8, 4) is 0 Å². The molecule has 2 fully saturated rings. The van der Waals surface area contributed by atoms with E-state index in [0.29, 0.717) is 12.1 Å². The minimum atomic E-state index is 0.667. The van der Waals surface area contributed by atoms with E-state index in [1.807, 2.05) is 0 Å². The summed E-state index contributed by atoms with van der Waals surface area (Å²) in [5.41, 5.74) is 0. The number of hydrogen-bond acceptors (Lipinski definition) is 3. The van der Waals surface area contributed by atoms with E-state index in [9.17, 15) is 0 Å². The molecule has 2 unspecified atom stereocenters. The van der Waals surface area contributed by atoms with E-state index in [-0.39, 0.29) is 0 Å². The van der Waals surface area contributed by atoms with Crippen molar-refractivity contribution in [3.63, 3.8) is 0 Å². The molecule has 0 saturated carbocycles. The Balaban J connectivity index is 1.89. The van der Waals surface area contributed by atoms with Crippen molar-refractivity contribution in [3.05, 3.63) is 0 Å². The van der Waals surface area contributed by atoms with Gasteiger partial charge in [-0.25, -0.2) is 0 Å². The Bertz CT molecular complexity index is 259. The van der Waals surface area contributed by atoms with Crippen molar-refractivity contribution < 1.29 is 0 Å². The third-order valence-corrected chi connectivity index (χ3v) is 4.90. The second-order valence-electron chi connectivity index (χ2n) is 6.97. The van der Waals surface area contributed by atoms with Crippen molar-refractivity contribution in [2.75, 3.05) is 26.2 Å². The zero-order valence-electron chi connectivity index (χ0n) is 13.4. The Morgan fingerprint density at radius 3 is 2.47 bits per heavy atom. The second-order valence-corrected chi connectivity index (χ2v) is 6.97. The van der Waals surface area contributed by atoms with Gasteiger partial charge in [0.2, 0.25) is 0 Å². The second kappa shape index (κ2) is 7.05. The molecule has 0 aliphatic carbocycles. The molecule has 2 atom stereocenters. The molecule has 2 aliphatic rings. The first-order valence-corrected chi connectivity index (χ1v) is 8.31. The van der Waals surface area contributed by atoms with Gasteiger partial charge in [-0.2, -0.15) is 0 Å². The number of nitrogens with zero attached hydrogens (tertiary/aromatic N) is 2. The molecule has 3 heteroatoms. The van der Waals surface area contributed by atoms with E-state index in [2.05, 4.69) is 42.8 Å². The standard InChI is InChI=1S/C16H33N3/c1-13(2)18-10-8-16(12-18)19(14(3)4)11-15-7-5-6-9-17-15/h13-17H,5-12H2,1-4H3. The maximum absolute atomic E-state index is 3.71. The number of nitrogens with one attached hydrogen (secondary N) is 1. The van der Waals surface area contributed by atoms with Crippen LogP contribution in [0.2, 0.25) is 0 Å². The smallest absolute Gasteiger partial charge is 0.0238 e. The summed E-state index contributed by atoms with van der Waals surface area (Å²) >= 11 is 0. The van der Waals surface area contributed by atoms with Crippen molar-refractivity contribution >= 4 is 0 Å². The quantitative estimate of drug-likeness (QED) is 0.825. The SMILES string of the molecule is CC(C)N1CCC(N(CC2CCCCN2)C(C)C)C1. The molecule has 0 aromatic heterocycles. The molecule has 0 aromatic rings. The van der Waals surface area contributed by atoms with Gasteiger partial charge in [0.15, 0.2) is 0 Å². The van der Waals surface area contributed by atoms with E-state index < -0.39 is 0 Å². The third kappa shape index (κ3) is 4.17. The van der Waals surface area contributed by atoms with Crippen LogP contribution >= 0.6 is 0 Å². The summed E-state index contributed by atoms with van der Waals surface area (Å²) in [5, 5.41) is 3.71. The van der Waals surface area contributed by atoms with Crippen LogP contribution in [0.3, 0.4) is 0 Å². The topological polar surface area (TPSA) is 18.5 Å². The molecular formula is C16H33N3. The largest absolute Gasteiger partial charge is 0.313 e. The fourth-order valence-electron chi connectivity index (χ4n) is 3.62. The van der Waals surface area contributed by atoms with Crippen LogP contribution in [0.25, 0.3) is 0 Å². The van der Waals surface area contributed by atoms with Gasteiger partial charge in [0.1, 0.15) is 0 Å². The number of piperidine rings is 1. The van der Waals surface area contributed by atoms with Crippen LogP contribution in [0.15, 0.2) is 0 Å². The summed E-state index contributed by atoms with van der Waals surface area (Å²) in [4.78, 5) is 5.39. The lowest BCUT2D eigenvalue weighted by molar-refractivity contribution is 0.125. The molecule has 0 aromatic carbocycles. The summed E-state index contributed by atoms with van der Waals surface area (Å²) in [6.45, 7) is 14.4. The highest BCUT2D eigenvalue weighted by Gasteiger charge is 2.31. The van der Waals surface area contributed by atoms with Crippen LogP contribution in [0, 0.1) is 0 Å². The number of rotatable bonds is 5. The van der Waals surface area contributed by atoms with E-state index in [0.717, 1.165) is 12.1 Å². The molecule has 0 amide bonds. The predicted octanol–water partition coefficient (Wildman–Crippen LogP) is 2.32. The molecule has 3 nitrogen and oxygen atoms in total.